The second kappa shape index (κ2) is 6.32. The van der Waals surface area contributed by atoms with Crippen molar-refractivity contribution < 1.29 is 14.6 Å². The maximum Gasteiger partial charge on any atom is 0.138 e. The molecule has 3 nitrogen and oxygen atoms in total. The van der Waals surface area contributed by atoms with Gasteiger partial charge in [-0.05, 0) is 41.7 Å². The summed E-state index contributed by atoms with van der Waals surface area (Å²) >= 11 is 0. The lowest BCUT2D eigenvalue weighted by Crippen LogP contribution is -2.16. The first-order valence-electron chi connectivity index (χ1n) is 7.64. The number of hydrogen-bond donors (Lipinski definition) is 1. The molecule has 1 aliphatic carbocycles. The fourth-order valence-electron chi connectivity index (χ4n) is 3.07. The Balaban J connectivity index is 1.78. The summed E-state index contributed by atoms with van der Waals surface area (Å²) in [5.74, 6) is 0.786. The molecular weight excluding hydrogens is 276 g/mol. The molecule has 114 valence electrons. The highest BCUT2D eigenvalue weighted by Crippen LogP contribution is 2.34. The Morgan fingerprint density at radius 2 is 1.64 bits per heavy atom. The smallest absolute Gasteiger partial charge is 0.138 e. The van der Waals surface area contributed by atoms with E-state index in [4.69, 9.17) is 4.74 Å². The number of rotatable bonds is 4. The van der Waals surface area contributed by atoms with Crippen LogP contribution < -0.4 is 4.74 Å². The maximum atomic E-state index is 11.8. The lowest BCUT2D eigenvalue weighted by atomic mass is 9.92. The molecule has 1 fully saturated rings. The zero-order valence-corrected chi connectivity index (χ0v) is 12.7. The number of aliphatic hydroxyl groups excluding tert-OH is 1. The summed E-state index contributed by atoms with van der Waals surface area (Å²) in [5, 5.41) is 10.4. The molecule has 2 aromatic carbocycles. The zero-order valence-electron chi connectivity index (χ0n) is 12.7. The molecule has 0 radical (unpaired) electrons. The van der Waals surface area contributed by atoms with E-state index in [9.17, 15) is 9.90 Å². The number of ketones is 1. The zero-order chi connectivity index (χ0) is 15.5. The van der Waals surface area contributed by atoms with Gasteiger partial charge < -0.3 is 9.84 Å². The van der Waals surface area contributed by atoms with Gasteiger partial charge in [0.25, 0.3) is 0 Å². The van der Waals surface area contributed by atoms with Crippen molar-refractivity contribution in [3.63, 3.8) is 0 Å². The van der Waals surface area contributed by atoms with Gasteiger partial charge in [0.15, 0.2) is 0 Å². The molecule has 0 unspecified atom stereocenters. The van der Waals surface area contributed by atoms with Crippen LogP contribution in [0.2, 0.25) is 0 Å². The number of hydrogen-bond acceptors (Lipinski definition) is 3. The number of Topliss-reactive ketones (excluding diaryl/α,β-unsaturated/α-hetero) is 1. The molecule has 0 spiro atoms. The Morgan fingerprint density at radius 3 is 2.14 bits per heavy atom. The van der Waals surface area contributed by atoms with E-state index in [0.717, 1.165) is 35.3 Å². The van der Waals surface area contributed by atoms with E-state index >= 15 is 0 Å². The van der Waals surface area contributed by atoms with Crippen molar-refractivity contribution in [2.75, 3.05) is 7.11 Å². The van der Waals surface area contributed by atoms with Crippen LogP contribution >= 0.6 is 0 Å². The van der Waals surface area contributed by atoms with Gasteiger partial charge in [-0.2, -0.15) is 0 Å². The quantitative estimate of drug-likeness (QED) is 0.934. The summed E-state index contributed by atoms with van der Waals surface area (Å²) in [6.45, 7) is 0. The molecular formula is C19H20O3. The summed E-state index contributed by atoms with van der Waals surface area (Å²) in [4.78, 5) is 11.8. The van der Waals surface area contributed by atoms with Crippen LogP contribution in [0.15, 0.2) is 48.5 Å². The SMILES string of the molecule is COc1ccc(-c2ccc([C@H](O)[C@@H]3CCCC3=O)cc2)cc1. The van der Waals surface area contributed by atoms with Gasteiger partial charge in [0.1, 0.15) is 11.5 Å². The van der Waals surface area contributed by atoms with Crippen molar-refractivity contribution in [3.05, 3.63) is 54.1 Å². The van der Waals surface area contributed by atoms with E-state index < -0.39 is 6.10 Å². The van der Waals surface area contributed by atoms with Gasteiger partial charge in [-0.1, -0.05) is 36.4 Å². The number of methoxy groups -OCH3 is 1. The minimum atomic E-state index is -0.681. The molecule has 0 bridgehead atoms. The van der Waals surface area contributed by atoms with Gasteiger partial charge >= 0.3 is 0 Å². The molecule has 3 heteroatoms. The number of aliphatic hydroxyl groups is 1. The van der Waals surface area contributed by atoms with Crippen LogP contribution in [0.5, 0.6) is 5.75 Å². The topological polar surface area (TPSA) is 46.5 Å². The third-order valence-corrected chi connectivity index (χ3v) is 4.41. The third-order valence-electron chi connectivity index (χ3n) is 4.41. The van der Waals surface area contributed by atoms with Gasteiger partial charge in [0, 0.05) is 12.3 Å². The predicted molar refractivity (Wildman–Crippen MR) is 85.7 cm³/mol. The van der Waals surface area contributed by atoms with Crippen LogP contribution in [-0.4, -0.2) is 18.0 Å². The van der Waals surface area contributed by atoms with Crippen LogP contribution in [0.3, 0.4) is 0 Å². The van der Waals surface area contributed by atoms with Crippen molar-refractivity contribution in [1.82, 2.24) is 0 Å². The molecule has 1 N–H and O–H groups in total. The van der Waals surface area contributed by atoms with Crippen LogP contribution in [0.4, 0.5) is 0 Å². The molecule has 0 heterocycles. The highest BCUT2D eigenvalue weighted by molar-refractivity contribution is 5.83. The van der Waals surface area contributed by atoms with Crippen molar-refractivity contribution in [3.8, 4) is 16.9 Å². The summed E-state index contributed by atoms with van der Waals surface area (Å²) in [7, 11) is 1.65. The Hall–Kier alpha value is -2.13. The van der Waals surface area contributed by atoms with E-state index in [-0.39, 0.29) is 11.7 Å². The van der Waals surface area contributed by atoms with Crippen LogP contribution in [-0.2, 0) is 4.79 Å². The normalized spacial score (nSPS) is 19.2. The fourth-order valence-corrected chi connectivity index (χ4v) is 3.07. The van der Waals surface area contributed by atoms with Crippen molar-refractivity contribution in [1.29, 1.82) is 0 Å². The van der Waals surface area contributed by atoms with Gasteiger partial charge in [0.2, 0.25) is 0 Å². The molecule has 22 heavy (non-hydrogen) atoms. The molecule has 1 saturated carbocycles. The van der Waals surface area contributed by atoms with Crippen molar-refractivity contribution in [2.24, 2.45) is 5.92 Å². The van der Waals surface area contributed by atoms with Gasteiger partial charge in [0.05, 0.1) is 13.2 Å². The lowest BCUT2D eigenvalue weighted by molar-refractivity contribution is -0.123. The highest BCUT2D eigenvalue weighted by atomic mass is 16.5. The second-order valence-corrected chi connectivity index (χ2v) is 5.76. The molecule has 0 amide bonds. The van der Waals surface area contributed by atoms with Crippen molar-refractivity contribution >= 4 is 5.78 Å². The Bertz CT molecular complexity index is 643. The van der Waals surface area contributed by atoms with Gasteiger partial charge in [-0.15, -0.1) is 0 Å². The monoisotopic (exact) mass is 296 g/mol. The number of ether oxygens (including phenoxy) is 1. The molecule has 3 rings (SSSR count). The minimum Gasteiger partial charge on any atom is -0.497 e. The fraction of sp³-hybridized carbons (Fsp3) is 0.316. The van der Waals surface area contributed by atoms with E-state index in [1.54, 1.807) is 7.11 Å². The average Bonchev–Trinajstić information content (AvgIpc) is 3.00. The van der Waals surface area contributed by atoms with Gasteiger partial charge in [-0.3, -0.25) is 4.79 Å². The first-order chi connectivity index (χ1) is 10.7. The summed E-state index contributed by atoms with van der Waals surface area (Å²) in [6.07, 6.45) is 1.61. The molecule has 1 aliphatic rings. The second-order valence-electron chi connectivity index (χ2n) is 5.76. The van der Waals surface area contributed by atoms with Crippen LogP contribution in [0.1, 0.15) is 30.9 Å². The largest absolute Gasteiger partial charge is 0.497 e. The maximum absolute atomic E-state index is 11.8. The average molecular weight is 296 g/mol. The number of benzene rings is 2. The Labute approximate surface area is 130 Å². The summed E-state index contributed by atoms with van der Waals surface area (Å²) < 4.78 is 5.16. The van der Waals surface area contributed by atoms with E-state index in [2.05, 4.69) is 0 Å². The van der Waals surface area contributed by atoms with Crippen molar-refractivity contribution in [2.45, 2.75) is 25.4 Å². The van der Waals surface area contributed by atoms with E-state index in [0.29, 0.717) is 6.42 Å². The standard InChI is InChI=1S/C19H20O3/c1-22-16-11-9-14(10-12-16)13-5-7-15(8-6-13)19(21)17-3-2-4-18(17)20/h5-12,17,19,21H,2-4H2,1H3/t17-,19+/m1/s1. The highest BCUT2D eigenvalue weighted by Gasteiger charge is 2.31. The molecule has 0 saturated heterocycles. The molecule has 0 aromatic heterocycles. The number of carbonyl (C=O) groups is 1. The predicted octanol–water partition coefficient (Wildman–Crippen LogP) is 3.76. The van der Waals surface area contributed by atoms with Crippen LogP contribution in [0, 0.1) is 5.92 Å². The van der Waals surface area contributed by atoms with E-state index in [1.165, 1.54) is 0 Å². The molecule has 2 aromatic rings. The molecule has 0 aliphatic heterocycles. The lowest BCUT2D eigenvalue weighted by Gasteiger charge is -2.17. The summed E-state index contributed by atoms with van der Waals surface area (Å²) in [6, 6.07) is 15.7. The van der Waals surface area contributed by atoms with Crippen LogP contribution in [0.25, 0.3) is 11.1 Å². The first-order valence-corrected chi connectivity index (χ1v) is 7.64. The Morgan fingerprint density at radius 1 is 1.05 bits per heavy atom. The van der Waals surface area contributed by atoms with E-state index in [1.807, 2.05) is 48.5 Å². The summed E-state index contributed by atoms with van der Waals surface area (Å²) in [5.41, 5.74) is 2.99. The molecule has 2 atom stereocenters. The minimum absolute atomic E-state index is 0.187. The van der Waals surface area contributed by atoms with Gasteiger partial charge in [-0.25, -0.2) is 0 Å². The Kier molecular flexibility index (Phi) is 4.25. The first kappa shape index (κ1) is 14.8. The third kappa shape index (κ3) is 2.90. The number of carbonyl (C=O) groups excluding carboxylic acids is 1.